The van der Waals surface area contributed by atoms with Crippen molar-refractivity contribution in [1.82, 2.24) is 0 Å². The van der Waals surface area contributed by atoms with Gasteiger partial charge in [-0.15, -0.1) is 0 Å². The molecule has 0 radical (unpaired) electrons. The highest BCUT2D eigenvalue weighted by atomic mass is 19.4. The number of ether oxygens (including phenoxy) is 1. The van der Waals surface area contributed by atoms with Crippen molar-refractivity contribution in [2.45, 2.75) is 45.7 Å². The molecule has 4 nitrogen and oxygen atoms in total. The molecule has 0 saturated carbocycles. The largest absolute Gasteiger partial charge is 0.478 e. The minimum Gasteiger partial charge on any atom is -0.478 e. The van der Waals surface area contributed by atoms with E-state index in [0.717, 1.165) is 37.8 Å². The summed E-state index contributed by atoms with van der Waals surface area (Å²) in [4.78, 5) is 13.3. The number of alkyl halides is 3. The number of carboxylic acids is 1. The normalized spacial score (nSPS) is 11.4. The molecule has 0 atom stereocenters. The molecule has 0 aliphatic carbocycles. The van der Waals surface area contributed by atoms with Gasteiger partial charge in [0.25, 0.3) is 0 Å². The molecular weight excluding hydrogens is 402 g/mol. The van der Waals surface area contributed by atoms with Gasteiger partial charge >= 0.3 is 12.1 Å². The Hall–Kier alpha value is -2.77. The first-order valence-electron chi connectivity index (χ1n) is 9.84. The minimum atomic E-state index is -4.84. The Kier molecular flexibility index (Phi) is 8.08. The summed E-state index contributed by atoms with van der Waals surface area (Å²) in [6.07, 6.45) is -1.75. The number of anilines is 1. The van der Waals surface area contributed by atoms with Crippen LogP contribution in [0.15, 0.2) is 36.4 Å². The molecule has 0 fully saturated rings. The van der Waals surface area contributed by atoms with E-state index in [-0.39, 0.29) is 11.4 Å². The van der Waals surface area contributed by atoms with Gasteiger partial charge in [-0.2, -0.15) is 13.2 Å². The van der Waals surface area contributed by atoms with Crippen LogP contribution in [0.2, 0.25) is 0 Å². The lowest BCUT2D eigenvalue weighted by atomic mass is 10.0. The van der Waals surface area contributed by atoms with Crippen LogP contribution in [0.1, 0.15) is 55.5 Å². The van der Waals surface area contributed by atoms with Crippen LogP contribution in [0.4, 0.5) is 23.2 Å². The molecule has 8 heteroatoms. The first-order valence-corrected chi connectivity index (χ1v) is 9.84. The number of hydrogen-bond acceptors (Lipinski definition) is 3. The molecule has 0 spiro atoms. The monoisotopic (exact) mass is 427 g/mol. The molecule has 1 N–H and O–H groups in total. The van der Waals surface area contributed by atoms with Crippen molar-refractivity contribution in [3.05, 3.63) is 53.3 Å². The quantitative estimate of drug-likeness (QED) is 0.427. The molecule has 164 valence electrons. The van der Waals surface area contributed by atoms with Crippen LogP contribution in [0.3, 0.4) is 0 Å². The molecule has 0 heterocycles. The molecule has 0 unspecified atom stereocenters. The van der Waals surface area contributed by atoms with E-state index in [9.17, 15) is 27.5 Å². The summed E-state index contributed by atoms with van der Waals surface area (Å²) < 4.78 is 60.4. The minimum absolute atomic E-state index is 0.0251. The Morgan fingerprint density at radius 1 is 1.03 bits per heavy atom. The van der Waals surface area contributed by atoms with Gasteiger partial charge in [-0.25, -0.2) is 9.18 Å². The summed E-state index contributed by atoms with van der Waals surface area (Å²) in [5.41, 5.74) is -1.59. The van der Waals surface area contributed by atoms with Gasteiger partial charge < -0.3 is 14.7 Å². The van der Waals surface area contributed by atoms with Crippen molar-refractivity contribution >= 4 is 11.7 Å². The Balaban J connectivity index is 2.68. The number of hydrogen-bond donors (Lipinski definition) is 1. The zero-order valence-electron chi connectivity index (χ0n) is 16.9. The molecule has 0 bridgehead atoms. The summed E-state index contributed by atoms with van der Waals surface area (Å²) in [7, 11) is 0. The first-order chi connectivity index (χ1) is 14.2. The van der Waals surface area contributed by atoms with Gasteiger partial charge in [0.05, 0.1) is 11.3 Å². The fraction of sp³-hybridized carbons (Fsp3) is 0.409. The maximum absolute atomic E-state index is 13.9. The number of carboxylic acid groups (broad SMARTS) is 1. The van der Waals surface area contributed by atoms with E-state index < -0.39 is 34.8 Å². The maximum Gasteiger partial charge on any atom is 0.420 e. The maximum atomic E-state index is 13.9. The number of rotatable bonds is 10. The van der Waals surface area contributed by atoms with Crippen molar-refractivity contribution in [3.8, 4) is 11.5 Å². The van der Waals surface area contributed by atoms with E-state index in [1.807, 2.05) is 13.8 Å². The van der Waals surface area contributed by atoms with E-state index in [2.05, 4.69) is 0 Å². The molecule has 2 aromatic carbocycles. The van der Waals surface area contributed by atoms with Crippen LogP contribution in [-0.4, -0.2) is 24.2 Å². The SMILES string of the molecule is CCCCN(CCCC)c1cc(C(=O)O)cc(C(F)(F)F)c1Oc1ccc(F)cc1. The number of carbonyl (C=O) groups is 1. The fourth-order valence-electron chi connectivity index (χ4n) is 2.96. The third-order valence-corrected chi connectivity index (χ3v) is 4.56. The average Bonchev–Trinajstić information content (AvgIpc) is 2.69. The fourth-order valence-corrected chi connectivity index (χ4v) is 2.96. The van der Waals surface area contributed by atoms with E-state index in [1.165, 1.54) is 18.2 Å². The molecule has 30 heavy (non-hydrogen) atoms. The van der Waals surface area contributed by atoms with Gasteiger partial charge in [-0.1, -0.05) is 26.7 Å². The number of unbranched alkanes of at least 4 members (excludes halogenated alkanes) is 2. The summed E-state index contributed by atoms with van der Waals surface area (Å²) in [6.45, 7) is 4.83. The lowest BCUT2D eigenvalue weighted by molar-refractivity contribution is -0.138. The van der Waals surface area contributed by atoms with Crippen LogP contribution in [0.25, 0.3) is 0 Å². The third-order valence-electron chi connectivity index (χ3n) is 4.56. The van der Waals surface area contributed by atoms with Crippen LogP contribution in [-0.2, 0) is 6.18 Å². The molecule has 2 rings (SSSR count). The number of halogens is 4. The molecule has 0 aliphatic rings. The highest BCUT2D eigenvalue weighted by Gasteiger charge is 2.38. The smallest absolute Gasteiger partial charge is 0.420 e. The first kappa shape index (κ1) is 23.5. The topological polar surface area (TPSA) is 49.8 Å². The van der Waals surface area contributed by atoms with E-state index in [1.54, 1.807) is 4.90 Å². The Bertz CT molecular complexity index is 843. The number of aromatic carboxylic acids is 1. The van der Waals surface area contributed by atoms with Gasteiger partial charge in [-0.05, 0) is 49.2 Å². The second kappa shape index (κ2) is 10.3. The van der Waals surface area contributed by atoms with Crippen LogP contribution < -0.4 is 9.64 Å². The third kappa shape index (κ3) is 6.11. The summed E-state index contributed by atoms with van der Waals surface area (Å²) >= 11 is 0. The summed E-state index contributed by atoms with van der Waals surface area (Å²) in [5.74, 6) is -2.46. The van der Waals surface area contributed by atoms with E-state index in [0.29, 0.717) is 19.2 Å². The highest BCUT2D eigenvalue weighted by molar-refractivity contribution is 5.90. The Morgan fingerprint density at radius 3 is 2.07 bits per heavy atom. The van der Waals surface area contributed by atoms with Crippen molar-refractivity contribution in [3.63, 3.8) is 0 Å². The van der Waals surface area contributed by atoms with Gasteiger partial charge in [0.1, 0.15) is 17.1 Å². The molecular formula is C22H25F4NO3. The standard InChI is InChI=1S/C22H25F4NO3/c1-3-5-11-27(12-6-4-2)19-14-15(21(28)29)13-18(22(24,25)26)20(19)30-17-9-7-16(23)8-10-17/h7-10,13-14H,3-6,11-12H2,1-2H3,(H,28,29). The van der Waals surface area contributed by atoms with Gasteiger partial charge in [0.2, 0.25) is 0 Å². The van der Waals surface area contributed by atoms with E-state index >= 15 is 0 Å². The van der Waals surface area contributed by atoms with Crippen LogP contribution >= 0.6 is 0 Å². The van der Waals surface area contributed by atoms with Gasteiger partial charge in [0, 0.05) is 13.1 Å². The van der Waals surface area contributed by atoms with Crippen molar-refractivity contribution < 1.29 is 32.2 Å². The predicted octanol–water partition coefficient (Wildman–Crippen LogP) is 6.74. The van der Waals surface area contributed by atoms with Crippen molar-refractivity contribution in [2.24, 2.45) is 0 Å². The highest BCUT2D eigenvalue weighted by Crippen LogP contribution is 2.45. The molecule has 2 aromatic rings. The average molecular weight is 427 g/mol. The molecule has 0 aromatic heterocycles. The lowest BCUT2D eigenvalue weighted by Gasteiger charge is -2.29. The van der Waals surface area contributed by atoms with Crippen LogP contribution in [0.5, 0.6) is 11.5 Å². The molecule has 0 amide bonds. The second-order valence-electron chi connectivity index (χ2n) is 6.93. The second-order valence-corrected chi connectivity index (χ2v) is 6.93. The summed E-state index contributed by atoms with van der Waals surface area (Å²) in [6, 6.07) is 6.41. The Morgan fingerprint density at radius 2 is 1.60 bits per heavy atom. The van der Waals surface area contributed by atoms with Gasteiger partial charge in [0.15, 0.2) is 5.75 Å². The van der Waals surface area contributed by atoms with Crippen LogP contribution in [0, 0.1) is 5.82 Å². The predicted molar refractivity (Wildman–Crippen MR) is 107 cm³/mol. The zero-order chi connectivity index (χ0) is 22.3. The number of benzene rings is 2. The summed E-state index contributed by atoms with van der Waals surface area (Å²) in [5, 5.41) is 9.38. The zero-order valence-corrected chi connectivity index (χ0v) is 16.9. The Labute approximate surface area is 173 Å². The van der Waals surface area contributed by atoms with Crippen molar-refractivity contribution in [1.29, 1.82) is 0 Å². The molecule has 0 saturated heterocycles. The molecule has 0 aliphatic heterocycles. The van der Waals surface area contributed by atoms with Gasteiger partial charge in [-0.3, -0.25) is 0 Å². The van der Waals surface area contributed by atoms with Crippen molar-refractivity contribution in [2.75, 3.05) is 18.0 Å². The lowest BCUT2D eigenvalue weighted by Crippen LogP contribution is -2.27. The number of nitrogens with zero attached hydrogens (tertiary/aromatic N) is 1. The van der Waals surface area contributed by atoms with E-state index in [4.69, 9.17) is 4.74 Å².